The highest BCUT2D eigenvalue weighted by molar-refractivity contribution is 5.94. The number of amides is 1. The number of fused-ring (bicyclic) bond motifs is 1. The molecule has 0 unspecified atom stereocenters. The smallest absolute Gasteiger partial charge is 0.287 e. The number of H-pyrrole nitrogens is 1. The lowest BCUT2D eigenvalue weighted by atomic mass is 10.2. The van der Waals surface area contributed by atoms with E-state index in [1.54, 1.807) is 0 Å². The van der Waals surface area contributed by atoms with Crippen molar-refractivity contribution in [2.75, 3.05) is 0 Å². The minimum Gasteiger partial charge on any atom is -0.347 e. The Balaban J connectivity index is 2.36. The molecule has 84 valence electrons. The Morgan fingerprint density at radius 3 is 2.88 bits per heavy atom. The van der Waals surface area contributed by atoms with Crippen molar-refractivity contribution in [1.82, 2.24) is 15.3 Å². The van der Waals surface area contributed by atoms with E-state index in [0.717, 1.165) is 16.6 Å². The largest absolute Gasteiger partial charge is 0.347 e. The molecule has 0 saturated carbocycles. The van der Waals surface area contributed by atoms with Gasteiger partial charge in [0.15, 0.2) is 5.82 Å². The van der Waals surface area contributed by atoms with Crippen molar-refractivity contribution in [2.45, 2.75) is 26.8 Å². The van der Waals surface area contributed by atoms with E-state index in [1.807, 2.05) is 39.0 Å². The van der Waals surface area contributed by atoms with Gasteiger partial charge in [0.1, 0.15) is 0 Å². The zero-order valence-electron chi connectivity index (χ0n) is 9.66. The molecule has 2 aromatic rings. The molecule has 0 radical (unpaired) electrons. The van der Waals surface area contributed by atoms with Gasteiger partial charge in [0.25, 0.3) is 5.91 Å². The first kappa shape index (κ1) is 10.7. The summed E-state index contributed by atoms with van der Waals surface area (Å²) >= 11 is 0. The molecule has 0 atom stereocenters. The molecule has 0 aliphatic carbocycles. The fourth-order valence-corrected chi connectivity index (χ4v) is 1.55. The summed E-state index contributed by atoms with van der Waals surface area (Å²) in [7, 11) is 0. The van der Waals surface area contributed by atoms with Gasteiger partial charge >= 0.3 is 0 Å². The number of carbonyl (C=O) groups excluding carboxylic acids is 1. The normalized spacial score (nSPS) is 11.0. The number of nitrogens with one attached hydrogen (secondary N) is 2. The molecule has 0 bridgehead atoms. The lowest BCUT2D eigenvalue weighted by Crippen LogP contribution is -2.30. The summed E-state index contributed by atoms with van der Waals surface area (Å²) in [6, 6.07) is 5.99. The van der Waals surface area contributed by atoms with Crippen molar-refractivity contribution in [3.63, 3.8) is 0 Å². The van der Waals surface area contributed by atoms with Gasteiger partial charge in [0.05, 0.1) is 11.0 Å². The van der Waals surface area contributed by atoms with Gasteiger partial charge in [-0.05, 0) is 38.5 Å². The van der Waals surface area contributed by atoms with Crippen LogP contribution in [0.15, 0.2) is 18.2 Å². The van der Waals surface area contributed by atoms with Crippen LogP contribution in [0.5, 0.6) is 0 Å². The molecule has 2 N–H and O–H groups in total. The molecule has 2 rings (SSSR count). The maximum atomic E-state index is 11.7. The Bertz CT molecular complexity index is 528. The Morgan fingerprint density at radius 1 is 1.44 bits per heavy atom. The van der Waals surface area contributed by atoms with Gasteiger partial charge in [-0.15, -0.1) is 0 Å². The van der Waals surface area contributed by atoms with E-state index < -0.39 is 0 Å². The SMILES string of the molecule is Cc1ccc2[nH]c(C(=O)NC(C)C)nc2c1. The molecule has 0 fully saturated rings. The second-order valence-corrected chi connectivity index (χ2v) is 4.23. The summed E-state index contributed by atoms with van der Waals surface area (Å²) in [5.74, 6) is 0.207. The van der Waals surface area contributed by atoms with Crippen LogP contribution < -0.4 is 5.32 Å². The number of rotatable bonds is 2. The minimum absolute atomic E-state index is 0.113. The van der Waals surface area contributed by atoms with Crippen LogP contribution in [0.4, 0.5) is 0 Å². The molecule has 0 aliphatic rings. The zero-order valence-corrected chi connectivity index (χ0v) is 9.66. The van der Waals surface area contributed by atoms with Gasteiger partial charge in [-0.2, -0.15) is 0 Å². The van der Waals surface area contributed by atoms with Crippen LogP contribution in [0.25, 0.3) is 11.0 Å². The first-order valence-corrected chi connectivity index (χ1v) is 5.33. The lowest BCUT2D eigenvalue weighted by molar-refractivity contribution is 0.0934. The van der Waals surface area contributed by atoms with Gasteiger partial charge in [-0.25, -0.2) is 4.98 Å². The summed E-state index contributed by atoms with van der Waals surface area (Å²) in [6.45, 7) is 5.84. The van der Waals surface area contributed by atoms with E-state index in [4.69, 9.17) is 0 Å². The molecule has 0 spiro atoms. The van der Waals surface area contributed by atoms with Crippen LogP contribution in [0.1, 0.15) is 30.0 Å². The summed E-state index contributed by atoms with van der Waals surface area (Å²) in [4.78, 5) is 19.0. The summed E-state index contributed by atoms with van der Waals surface area (Å²) in [5, 5.41) is 2.80. The zero-order chi connectivity index (χ0) is 11.7. The number of aromatic nitrogens is 2. The van der Waals surface area contributed by atoms with E-state index in [9.17, 15) is 4.79 Å². The monoisotopic (exact) mass is 217 g/mol. The summed E-state index contributed by atoms with van der Waals surface area (Å²) < 4.78 is 0. The predicted octanol–water partition coefficient (Wildman–Crippen LogP) is 2.01. The fourth-order valence-electron chi connectivity index (χ4n) is 1.55. The second-order valence-electron chi connectivity index (χ2n) is 4.23. The van der Waals surface area contributed by atoms with Crippen molar-refractivity contribution in [2.24, 2.45) is 0 Å². The highest BCUT2D eigenvalue weighted by Crippen LogP contribution is 2.13. The molecule has 4 heteroatoms. The second kappa shape index (κ2) is 3.96. The number of benzene rings is 1. The van der Waals surface area contributed by atoms with Crippen molar-refractivity contribution >= 4 is 16.9 Å². The van der Waals surface area contributed by atoms with Gasteiger partial charge in [-0.1, -0.05) is 6.07 Å². The minimum atomic E-state index is -0.163. The van der Waals surface area contributed by atoms with Crippen molar-refractivity contribution in [1.29, 1.82) is 0 Å². The fraction of sp³-hybridized carbons (Fsp3) is 0.333. The number of carbonyl (C=O) groups is 1. The van der Waals surface area contributed by atoms with Crippen LogP contribution >= 0.6 is 0 Å². The summed E-state index contributed by atoms with van der Waals surface area (Å²) in [6.07, 6.45) is 0. The van der Waals surface area contributed by atoms with Crippen LogP contribution in [-0.4, -0.2) is 21.9 Å². The van der Waals surface area contributed by atoms with Crippen LogP contribution in [-0.2, 0) is 0 Å². The van der Waals surface area contributed by atoms with E-state index in [0.29, 0.717) is 5.82 Å². The first-order valence-electron chi connectivity index (χ1n) is 5.33. The third-order valence-electron chi connectivity index (χ3n) is 2.27. The molecular weight excluding hydrogens is 202 g/mol. The molecule has 1 amide bonds. The number of hydrogen-bond acceptors (Lipinski definition) is 2. The average molecular weight is 217 g/mol. The third-order valence-corrected chi connectivity index (χ3v) is 2.27. The van der Waals surface area contributed by atoms with Crippen LogP contribution in [0.2, 0.25) is 0 Å². The third kappa shape index (κ3) is 2.05. The van der Waals surface area contributed by atoms with Gasteiger partial charge in [-0.3, -0.25) is 4.79 Å². The lowest BCUT2D eigenvalue weighted by Gasteiger charge is -2.04. The number of nitrogens with zero attached hydrogens (tertiary/aromatic N) is 1. The van der Waals surface area contributed by atoms with Crippen LogP contribution in [0, 0.1) is 6.92 Å². The quantitative estimate of drug-likeness (QED) is 0.808. The molecule has 0 aliphatic heterocycles. The van der Waals surface area contributed by atoms with Gasteiger partial charge in [0, 0.05) is 6.04 Å². The molecular formula is C12H15N3O. The van der Waals surface area contributed by atoms with Crippen molar-refractivity contribution < 1.29 is 4.79 Å². The summed E-state index contributed by atoms with van der Waals surface area (Å²) in [5.41, 5.74) is 2.85. The molecule has 4 nitrogen and oxygen atoms in total. The standard InChI is InChI=1S/C12H15N3O/c1-7(2)13-12(16)11-14-9-5-4-8(3)6-10(9)15-11/h4-7H,1-3H3,(H,13,16)(H,14,15). The van der Waals surface area contributed by atoms with E-state index >= 15 is 0 Å². The van der Waals surface area contributed by atoms with Crippen molar-refractivity contribution in [3.05, 3.63) is 29.6 Å². The number of hydrogen-bond donors (Lipinski definition) is 2. The highest BCUT2D eigenvalue weighted by Gasteiger charge is 2.11. The Labute approximate surface area is 94.1 Å². The Morgan fingerprint density at radius 2 is 2.19 bits per heavy atom. The average Bonchev–Trinajstić information content (AvgIpc) is 2.59. The number of imidazole rings is 1. The molecule has 16 heavy (non-hydrogen) atoms. The maximum absolute atomic E-state index is 11.7. The number of aryl methyl sites for hydroxylation is 1. The highest BCUT2D eigenvalue weighted by atomic mass is 16.2. The van der Waals surface area contributed by atoms with Gasteiger partial charge < -0.3 is 10.3 Å². The number of aromatic amines is 1. The van der Waals surface area contributed by atoms with Crippen LogP contribution in [0.3, 0.4) is 0 Å². The Kier molecular flexibility index (Phi) is 2.64. The molecule has 1 aromatic carbocycles. The first-order chi connectivity index (χ1) is 7.56. The maximum Gasteiger partial charge on any atom is 0.287 e. The molecule has 1 heterocycles. The van der Waals surface area contributed by atoms with E-state index in [2.05, 4.69) is 15.3 Å². The van der Waals surface area contributed by atoms with Crippen molar-refractivity contribution in [3.8, 4) is 0 Å². The molecule has 1 aromatic heterocycles. The van der Waals surface area contributed by atoms with Gasteiger partial charge in [0.2, 0.25) is 0 Å². The Hall–Kier alpha value is -1.84. The predicted molar refractivity (Wildman–Crippen MR) is 63.4 cm³/mol. The topological polar surface area (TPSA) is 57.8 Å². The van der Waals surface area contributed by atoms with E-state index in [-0.39, 0.29) is 11.9 Å². The molecule has 0 saturated heterocycles. The van der Waals surface area contributed by atoms with E-state index in [1.165, 1.54) is 0 Å².